The van der Waals surface area contributed by atoms with E-state index in [4.69, 9.17) is 20.9 Å². The van der Waals surface area contributed by atoms with Gasteiger partial charge in [-0.25, -0.2) is 9.97 Å². The fourth-order valence-corrected chi connectivity index (χ4v) is 5.13. The number of hydrogen-bond donors (Lipinski definition) is 1. The van der Waals surface area contributed by atoms with E-state index >= 15 is 0 Å². The van der Waals surface area contributed by atoms with Crippen LogP contribution in [0, 0.1) is 0 Å². The molecule has 6 nitrogen and oxygen atoms in total. The van der Waals surface area contributed by atoms with Crippen LogP contribution in [0.5, 0.6) is 5.75 Å². The Balaban J connectivity index is 1.46. The monoisotopic (exact) mass is 410 g/mol. The summed E-state index contributed by atoms with van der Waals surface area (Å²) in [5, 5.41) is 10.3. The molecule has 0 bridgehead atoms. The van der Waals surface area contributed by atoms with Crippen LogP contribution in [0.25, 0.3) is 21.5 Å². The minimum absolute atomic E-state index is 0.205. The highest BCUT2D eigenvalue weighted by atomic mass is 35.5. The second-order valence-corrected chi connectivity index (χ2v) is 8.36. The molecule has 28 heavy (non-hydrogen) atoms. The normalized spacial score (nSPS) is 18.1. The van der Waals surface area contributed by atoms with Gasteiger partial charge in [-0.2, -0.15) is 0 Å². The Bertz CT molecular complexity index is 1220. The third-order valence-electron chi connectivity index (χ3n) is 5.33. The molecule has 0 spiro atoms. The van der Waals surface area contributed by atoms with Gasteiger partial charge >= 0.3 is 0 Å². The maximum Gasteiger partial charge on any atom is 0.182 e. The van der Waals surface area contributed by atoms with E-state index in [1.54, 1.807) is 17.7 Å². The number of benzene rings is 1. The lowest BCUT2D eigenvalue weighted by molar-refractivity contribution is 0.189. The van der Waals surface area contributed by atoms with Crippen molar-refractivity contribution in [2.45, 2.75) is 25.5 Å². The number of hydrogen-bond acceptors (Lipinski definition) is 7. The summed E-state index contributed by atoms with van der Waals surface area (Å²) >= 11 is 8.07. The van der Waals surface area contributed by atoms with Crippen LogP contribution in [-0.4, -0.2) is 21.7 Å². The molecule has 1 atom stereocenters. The molecule has 8 heteroatoms. The van der Waals surface area contributed by atoms with E-state index in [1.165, 1.54) is 0 Å². The molecule has 0 aliphatic carbocycles. The zero-order chi connectivity index (χ0) is 18.7. The zero-order valence-corrected chi connectivity index (χ0v) is 16.3. The molecule has 6 rings (SSSR count). The summed E-state index contributed by atoms with van der Waals surface area (Å²) in [4.78, 5) is 8.88. The van der Waals surface area contributed by atoms with Crippen LogP contribution < -0.4 is 10.1 Å². The number of thiophene rings is 1. The summed E-state index contributed by atoms with van der Waals surface area (Å²) in [7, 11) is 0. The van der Waals surface area contributed by atoms with E-state index in [2.05, 4.69) is 20.4 Å². The molecule has 3 aromatic heterocycles. The van der Waals surface area contributed by atoms with E-state index in [-0.39, 0.29) is 6.10 Å². The fourth-order valence-electron chi connectivity index (χ4n) is 4.04. The van der Waals surface area contributed by atoms with E-state index in [1.807, 2.05) is 23.6 Å². The Morgan fingerprint density at radius 2 is 2.21 bits per heavy atom. The van der Waals surface area contributed by atoms with Gasteiger partial charge in [-0.3, -0.25) is 0 Å². The molecule has 0 amide bonds. The Hall–Kier alpha value is -2.48. The van der Waals surface area contributed by atoms with Crippen molar-refractivity contribution in [3.05, 3.63) is 57.5 Å². The van der Waals surface area contributed by atoms with Crippen LogP contribution in [0.3, 0.4) is 0 Å². The lowest BCUT2D eigenvalue weighted by Gasteiger charge is -2.14. The van der Waals surface area contributed by atoms with E-state index in [9.17, 15) is 0 Å². The largest absolute Gasteiger partial charge is 0.481 e. The Morgan fingerprint density at radius 1 is 1.25 bits per heavy atom. The van der Waals surface area contributed by atoms with Crippen molar-refractivity contribution in [3.8, 4) is 17.0 Å². The SMILES string of the molecule is Clc1cc2c(c(-c3ncnc4ccsc34)c1)OC(c1onc3c1CNCC3)C2. The Labute approximate surface area is 169 Å². The molecule has 5 heterocycles. The van der Waals surface area contributed by atoms with Crippen LogP contribution in [0.4, 0.5) is 0 Å². The lowest BCUT2D eigenvalue weighted by atomic mass is 10.0. The van der Waals surface area contributed by atoms with Crippen molar-refractivity contribution in [1.82, 2.24) is 20.4 Å². The van der Waals surface area contributed by atoms with E-state index in [0.29, 0.717) is 11.4 Å². The summed E-state index contributed by atoms with van der Waals surface area (Å²) in [6.45, 7) is 1.69. The molecule has 1 N–H and O–H groups in total. The molecule has 2 aliphatic heterocycles. The highest BCUT2D eigenvalue weighted by Gasteiger charge is 2.34. The van der Waals surface area contributed by atoms with E-state index < -0.39 is 0 Å². The second kappa shape index (κ2) is 6.27. The summed E-state index contributed by atoms with van der Waals surface area (Å²) in [6.07, 6.45) is 2.96. The molecule has 1 unspecified atom stereocenters. The number of fused-ring (bicyclic) bond motifs is 3. The Kier molecular flexibility index (Phi) is 3.69. The maximum atomic E-state index is 6.45. The summed E-state index contributed by atoms with van der Waals surface area (Å²) < 4.78 is 13.1. The van der Waals surface area contributed by atoms with Gasteiger partial charge in [-0.05, 0) is 23.6 Å². The zero-order valence-electron chi connectivity index (χ0n) is 14.7. The average molecular weight is 411 g/mol. The van der Waals surface area contributed by atoms with Crippen LogP contribution in [0.1, 0.15) is 28.7 Å². The second-order valence-electron chi connectivity index (χ2n) is 7.01. The number of ether oxygens (including phenoxy) is 1. The smallest absolute Gasteiger partial charge is 0.182 e. The van der Waals surface area contributed by atoms with Crippen molar-refractivity contribution in [2.75, 3.05) is 6.54 Å². The lowest BCUT2D eigenvalue weighted by Crippen LogP contribution is -2.24. The van der Waals surface area contributed by atoms with Gasteiger partial charge in [0, 0.05) is 47.6 Å². The first-order valence-corrected chi connectivity index (χ1v) is 10.4. The van der Waals surface area contributed by atoms with Crippen LogP contribution in [-0.2, 0) is 19.4 Å². The molecular formula is C20H15ClN4O2S. The predicted molar refractivity (Wildman–Crippen MR) is 107 cm³/mol. The Morgan fingerprint density at radius 3 is 3.18 bits per heavy atom. The maximum absolute atomic E-state index is 6.45. The summed E-state index contributed by atoms with van der Waals surface area (Å²) in [6, 6.07) is 5.88. The summed E-state index contributed by atoms with van der Waals surface area (Å²) in [5.74, 6) is 1.63. The summed E-state index contributed by atoms with van der Waals surface area (Å²) in [5.41, 5.74) is 5.88. The highest BCUT2D eigenvalue weighted by Crippen LogP contribution is 2.47. The quantitative estimate of drug-likeness (QED) is 0.530. The molecule has 140 valence electrons. The van der Waals surface area contributed by atoms with Gasteiger partial charge in [0.25, 0.3) is 0 Å². The molecule has 0 saturated heterocycles. The minimum Gasteiger partial charge on any atom is -0.481 e. The van der Waals surface area contributed by atoms with Crippen LogP contribution in [0.15, 0.2) is 34.4 Å². The average Bonchev–Trinajstić information content (AvgIpc) is 3.43. The van der Waals surface area contributed by atoms with Gasteiger partial charge in [0.2, 0.25) is 0 Å². The van der Waals surface area contributed by atoms with Gasteiger partial charge in [0.05, 0.1) is 21.6 Å². The van der Waals surface area contributed by atoms with Crippen LogP contribution in [0.2, 0.25) is 5.02 Å². The molecule has 1 aromatic carbocycles. The highest BCUT2D eigenvalue weighted by molar-refractivity contribution is 7.17. The first-order valence-electron chi connectivity index (χ1n) is 9.13. The number of rotatable bonds is 2. The van der Waals surface area contributed by atoms with Crippen molar-refractivity contribution >= 4 is 33.2 Å². The molecule has 2 aliphatic rings. The standard InChI is InChI=1S/C20H15ClN4O2S/c21-11-5-10-6-16(19-13-8-22-3-1-14(13)25-27-19)26-18(10)12(7-11)17-20-15(2-4-28-20)23-9-24-17/h2,4-5,7,9,16,22H,1,3,6,8H2. The van der Waals surface area contributed by atoms with Crippen molar-refractivity contribution in [2.24, 2.45) is 0 Å². The molecule has 0 saturated carbocycles. The van der Waals surface area contributed by atoms with Crippen molar-refractivity contribution < 1.29 is 9.26 Å². The van der Waals surface area contributed by atoms with Gasteiger partial charge in [0.15, 0.2) is 11.9 Å². The van der Waals surface area contributed by atoms with Gasteiger partial charge in [-0.15, -0.1) is 11.3 Å². The van der Waals surface area contributed by atoms with E-state index in [0.717, 1.165) is 69.3 Å². The van der Waals surface area contributed by atoms with Gasteiger partial charge < -0.3 is 14.6 Å². The minimum atomic E-state index is -0.205. The number of halogens is 1. The predicted octanol–water partition coefficient (Wildman–Crippen LogP) is 4.32. The number of aromatic nitrogens is 3. The third-order valence-corrected chi connectivity index (χ3v) is 6.46. The molecule has 4 aromatic rings. The number of nitrogens with one attached hydrogen (secondary N) is 1. The topological polar surface area (TPSA) is 73.1 Å². The molecule has 0 radical (unpaired) electrons. The molecular weight excluding hydrogens is 396 g/mol. The molecule has 0 fully saturated rings. The van der Waals surface area contributed by atoms with Crippen LogP contribution >= 0.6 is 22.9 Å². The fraction of sp³-hybridized carbons (Fsp3) is 0.250. The first-order chi connectivity index (χ1) is 13.8. The van der Waals surface area contributed by atoms with Crippen molar-refractivity contribution in [3.63, 3.8) is 0 Å². The van der Waals surface area contributed by atoms with Crippen molar-refractivity contribution in [1.29, 1.82) is 0 Å². The first kappa shape index (κ1) is 16.5. The van der Waals surface area contributed by atoms with Gasteiger partial charge in [0.1, 0.15) is 12.1 Å². The third kappa shape index (κ3) is 2.47. The van der Waals surface area contributed by atoms with Gasteiger partial charge in [-0.1, -0.05) is 16.8 Å². The number of nitrogens with zero attached hydrogens (tertiary/aromatic N) is 3.